The Morgan fingerprint density at radius 3 is 2.83 bits per heavy atom. The minimum atomic E-state index is -0.876. The number of allylic oxidation sites excluding steroid dienone is 3. The van der Waals surface area contributed by atoms with Gasteiger partial charge in [-0.25, -0.2) is 0 Å². The summed E-state index contributed by atoms with van der Waals surface area (Å²) in [5, 5.41) is 11.0. The molecule has 0 amide bonds. The molecule has 4 rings (SSSR count). The fourth-order valence-electron chi connectivity index (χ4n) is 6.94. The van der Waals surface area contributed by atoms with Crippen molar-refractivity contribution in [3.63, 3.8) is 0 Å². The molecule has 0 bridgehead atoms. The molecule has 3 saturated carbocycles. The molecule has 7 atom stereocenters. The van der Waals surface area contributed by atoms with Gasteiger partial charge in [-0.1, -0.05) is 43.6 Å². The van der Waals surface area contributed by atoms with E-state index in [1.807, 2.05) is 0 Å². The molecule has 23 heavy (non-hydrogen) atoms. The molecular formula is C22H30O. The van der Waals surface area contributed by atoms with Gasteiger partial charge in [0.2, 0.25) is 0 Å². The van der Waals surface area contributed by atoms with Crippen LogP contribution in [0.2, 0.25) is 0 Å². The molecule has 0 aliphatic heterocycles. The Kier molecular flexibility index (Phi) is 3.37. The van der Waals surface area contributed by atoms with Crippen LogP contribution in [0.3, 0.4) is 0 Å². The molecule has 1 heteroatoms. The van der Waals surface area contributed by atoms with Crippen LogP contribution in [0.4, 0.5) is 0 Å². The van der Waals surface area contributed by atoms with Gasteiger partial charge in [-0.2, -0.15) is 0 Å². The molecule has 3 fully saturated rings. The average molecular weight is 310 g/mol. The summed E-state index contributed by atoms with van der Waals surface area (Å²) in [7, 11) is 0. The van der Waals surface area contributed by atoms with Crippen molar-refractivity contribution in [2.24, 2.45) is 35.0 Å². The first-order chi connectivity index (χ1) is 10.9. The van der Waals surface area contributed by atoms with Gasteiger partial charge in [0.15, 0.2) is 0 Å². The minimum absolute atomic E-state index is 0.0728. The highest BCUT2D eigenvalue weighted by Gasteiger charge is 2.62. The van der Waals surface area contributed by atoms with Crippen molar-refractivity contribution in [1.82, 2.24) is 0 Å². The Balaban J connectivity index is 1.70. The van der Waals surface area contributed by atoms with Crippen LogP contribution in [0.1, 0.15) is 58.8 Å². The second-order valence-corrected chi connectivity index (χ2v) is 9.05. The summed E-state index contributed by atoms with van der Waals surface area (Å²) in [6, 6.07) is 0. The van der Waals surface area contributed by atoms with E-state index < -0.39 is 5.60 Å². The van der Waals surface area contributed by atoms with E-state index >= 15 is 0 Å². The summed E-state index contributed by atoms with van der Waals surface area (Å²) >= 11 is 0. The predicted molar refractivity (Wildman–Crippen MR) is 94.6 cm³/mol. The maximum absolute atomic E-state index is 11.0. The molecule has 4 aliphatic rings. The van der Waals surface area contributed by atoms with Crippen LogP contribution in [0.15, 0.2) is 23.8 Å². The molecule has 0 aromatic rings. The van der Waals surface area contributed by atoms with Gasteiger partial charge in [0.05, 0.1) is 0 Å². The third-order valence-electron chi connectivity index (χ3n) is 8.15. The van der Waals surface area contributed by atoms with Gasteiger partial charge in [0.1, 0.15) is 5.60 Å². The van der Waals surface area contributed by atoms with Crippen molar-refractivity contribution < 1.29 is 5.11 Å². The molecule has 0 saturated heterocycles. The zero-order chi connectivity index (χ0) is 16.4. The Bertz CT molecular complexity index is 608. The van der Waals surface area contributed by atoms with Crippen molar-refractivity contribution in [3.8, 4) is 12.3 Å². The lowest BCUT2D eigenvalue weighted by molar-refractivity contribution is -0.0977. The highest BCUT2D eigenvalue weighted by Crippen LogP contribution is 2.65. The fraction of sp³-hybridized carbons (Fsp3) is 0.727. The summed E-state index contributed by atoms with van der Waals surface area (Å²) < 4.78 is 0. The quantitative estimate of drug-likeness (QED) is 0.642. The molecule has 0 heterocycles. The number of fused-ring (bicyclic) bond motifs is 5. The van der Waals surface area contributed by atoms with Gasteiger partial charge in [-0.15, -0.1) is 6.42 Å². The van der Waals surface area contributed by atoms with Gasteiger partial charge in [-0.3, -0.25) is 0 Å². The van der Waals surface area contributed by atoms with E-state index in [0.717, 1.165) is 37.0 Å². The molecule has 0 aromatic heterocycles. The molecule has 4 unspecified atom stereocenters. The zero-order valence-corrected chi connectivity index (χ0v) is 14.6. The number of terminal acetylenes is 1. The van der Waals surface area contributed by atoms with Gasteiger partial charge >= 0.3 is 0 Å². The average Bonchev–Trinajstić information content (AvgIpc) is 2.79. The van der Waals surface area contributed by atoms with Crippen LogP contribution in [0.5, 0.6) is 0 Å². The highest BCUT2D eigenvalue weighted by molar-refractivity contribution is 5.31. The number of rotatable bonds is 0. The maximum atomic E-state index is 11.0. The Labute approximate surface area is 141 Å². The second kappa shape index (κ2) is 5.00. The fourth-order valence-corrected chi connectivity index (χ4v) is 6.94. The van der Waals surface area contributed by atoms with Crippen molar-refractivity contribution in [3.05, 3.63) is 23.8 Å². The standard InChI is InChI=1S/C22H30O/c1-5-22(23)11-9-19-20-15(3)13-16-12-14(2)6-7-17(16)18(20)8-10-21(19,22)4/h1,12,15,17-20,23H,2,6-11,13H2,3-4H3/t15-,17?,18?,19?,20?,21+,22+/m1/s1. The molecule has 0 spiro atoms. The predicted octanol–water partition coefficient (Wildman–Crippen LogP) is 4.73. The Hall–Kier alpha value is -1.00. The van der Waals surface area contributed by atoms with Crippen LogP contribution in [0, 0.1) is 47.3 Å². The lowest BCUT2D eigenvalue weighted by Gasteiger charge is -2.57. The van der Waals surface area contributed by atoms with Gasteiger partial charge < -0.3 is 5.11 Å². The van der Waals surface area contributed by atoms with Crippen LogP contribution in [-0.2, 0) is 0 Å². The topological polar surface area (TPSA) is 20.2 Å². The van der Waals surface area contributed by atoms with Crippen molar-refractivity contribution >= 4 is 0 Å². The monoisotopic (exact) mass is 310 g/mol. The van der Waals surface area contributed by atoms with Crippen LogP contribution >= 0.6 is 0 Å². The number of hydrogen-bond donors (Lipinski definition) is 1. The van der Waals surface area contributed by atoms with Crippen LogP contribution < -0.4 is 0 Å². The van der Waals surface area contributed by atoms with E-state index in [9.17, 15) is 5.11 Å². The molecule has 0 radical (unpaired) electrons. The van der Waals surface area contributed by atoms with E-state index in [-0.39, 0.29) is 5.41 Å². The summed E-state index contributed by atoms with van der Waals surface area (Å²) in [5.41, 5.74) is 2.05. The molecule has 0 aromatic carbocycles. The van der Waals surface area contributed by atoms with Crippen molar-refractivity contribution in [2.75, 3.05) is 0 Å². The summed E-state index contributed by atoms with van der Waals surface area (Å²) in [6.45, 7) is 8.91. The molecule has 1 nitrogen and oxygen atoms in total. The van der Waals surface area contributed by atoms with Crippen molar-refractivity contribution in [2.45, 2.75) is 64.4 Å². The smallest absolute Gasteiger partial charge is 0.130 e. The van der Waals surface area contributed by atoms with E-state index in [4.69, 9.17) is 6.42 Å². The summed E-state index contributed by atoms with van der Waals surface area (Å²) in [4.78, 5) is 0. The SMILES string of the molecule is C#C[C@]1(O)CCC2C3C(CC[C@@]21C)C1CCC(=C)C=C1C[C@H]3C. The zero-order valence-electron chi connectivity index (χ0n) is 14.6. The first kappa shape index (κ1) is 15.5. The van der Waals surface area contributed by atoms with Crippen molar-refractivity contribution in [1.29, 1.82) is 0 Å². The third kappa shape index (κ3) is 1.97. The van der Waals surface area contributed by atoms with E-state index in [1.165, 1.54) is 31.3 Å². The van der Waals surface area contributed by atoms with E-state index in [2.05, 4.69) is 32.4 Å². The molecular weight excluding hydrogens is 280 g/mol. The van der Waals surface area contributed by atoms with Crippen LogP contribution in [0.25, 0.3) is 0 Å². The third-order valence-corrected chi connectivity index (χ3v) is 8.15. The Morgan fingerprint density at radius 2 is 2.09 bits per heavy atom. The molecule has 4 aliphatic carbocycles. The maximum Gasteiger partial charge on any atom is 0.130 e. The van der Waals surface area contributed by atoms with Gasteiger partial charge in [0, 0.05) is 5.41 Å². The lowest BCUT2D eigenvalue weighted by atomic mass is 9.48. The second-order valence-electron chi connectivity index (χ2n) is 9.05. The normalized spacial score (nSPS) is 52.0. The summed E-state index contributed by atoms with van der Waals surface area (Å²) in [5.74, 6) is 6.40. The number of hydrogen-bond acceptors (Lipinski definition) is 1. The van der Waals surface area contributed by atoms with Crippen LogP contribution in [-0.4, -0.2) is 10.7 Å². The van der Waals surface area contributed by atoms with E-state index in [0.29, 0.717) is 11.8 Å². The Morgan fingerprint density at radius 1 is 1.30 bits per heavy atom. The van der Waals surface area contributed by atoms with Gasteiger partial charge in [-0.05, 0) is 74.5 Å². The lowest BCUT2D eigenvalue weighted by Crippen LogP contribution is -2.53. The minimum Gasteiger partial charge on any atom is -0.377 e. The highest BCUT2D eigenvalue weighted by atomic mass is 16.3. The first-order valence-electron chi connectivity index (χ1n) is 9.48. The summed E-state index contributed by atoms with van der Waals surface area (Å²) in [6.07, 6.45) is 16.1. The first-order valence-corrected chi connectivity index (χ1v) is 9.48. The van der Waals surface area contributed by atoms with Gasteiger partial charge in [0.25, 0.3) is 0 Å². The van der Waals surface area contributed by atoms with E-state index in [1.54, 1.807) is 5.57 Å². The molecule has 124 valence electrons. The largest absolute Gasteiger partial charge is 0.377 e. The number of aliphatic hydroxyl groups is 1. The molecule has 1 N–H and O–H groups in total.